The summed E-state index contributed by atoms with van der Waals surface area (Å²) < 4.78 is 48.8. The summed E-state index contributed by atoms with van der Waals surface area (Å²) in [6.45, 7) is 4.30. The van der Waals surface area contributed by atoms with Crippen molar-refractivity contribution in [3.05, 3.63) is 35.1 Å². The van der Waals surface area contributed by atoms with Gasteiger partial charge in [0.2, 0.25) is 0 Å². The maximum Gasteiger partial charge on any atom is 0.317 e. The SMILES string of the molecule is CCOCCCCC(O)(c1cc(F)cc(F)c1F)C1CCCN(C(=O)NC(CNC)CC2CCCCC2)C1. The topological polar surface area (TPSA) is 73.8 Å². The second kappa shape index (κ2) is 15.1. The van der Waals surface area contributed by atoms with Crippen LogP contribution in [0.4, 0.5) is 18.0 Å². The molecule has 0 spiro atoms. The number of carbonyl (C=O) groups is 1. The van der Waals surface area contributed by atoms with Crippen LogP contribution in [-0.4, -0.2) is 62.0 Å². The second-order valence-corrected chi connectivity index (χ2v) is 11.1. The highest BCUT2D eigenvalue weighted by Gasteiger charge is 2.43. The summed E-state index contributed by atoms with van der Waals surface area (Å²) in [5.41, 5.74) is -2.19. The van der Waals surface area contributed by atoms with Crippen LogP contribution in [0.3, 0.4) is 0 Å². The molecule has 216 valence electrons. The van der Waals surface area contributed by atoms with E-state index in [4.69, 9.17) is 4.74 Å². The van der Waals surface area contributed by atoms with Gasteiger partial charge in [-0.05, 0) is 64.5 Å². The summed E-state index contributed by atoms with van der Waals surface area (Å²) in [5.74, 6) is -3.46. The first-order valence-corrected chi connectivity index (χ1v) is 14.4. The number of aliphatic hydroxyl groups is 1. The van der Waals surface area contributed by atoms with Gasteiger partial charge < -0.3 is 25.4 Å². The fourth-order valence-electron chi connectivity index (χ4n) is 6.25. The van der Waals surface area contributed by atoms with Crippen LogP contribution in [0, 0.1) is 29.3 Å². The van der Waals surface area contributed by atoms with E-state index in [1.165, 1.54) is 32.1 Å². The first-order valence-electron chi connectivity index (χ1n) is 14.4. The smallest absolute Gasteiger partial charge is 0.317 e. The van der Waals surface area contributed by atoms with Gasteiger partial charge in [0.25, 0.3) is 0 Å². The van der Waals surface area contributed by atoms with E-state index in [0.29, 0.717) is 64.0 Å². The fourth-order valence-corrected chi connectivity index (χ4v) is 6.25. The Kier molecular flexibility index (Phi) is 12.2. The summed E-state index contributed by atoms with van der Waals surface area (Å²) in [4.78, 5) is 15.0. The molecule has 3 unspecified atom stereocenters. The summed E-state index contributed by atoms with van der Waals surface area (Å²) in [7, 11) is 1.87. The lowest BCUT2D eigenvalue weighted by Crippen LogP contribution is -2.54. The van der Waals surface area contributed by atoms with Crippen LogP contribution in [0.2, 0.25) is 0 Å². The Morgan fingerprint density at radius 1 is 1.16 bits per heavy atom. The quantitative estimate of drug-likeness (QED) is 0.229. The van der Waals surface area contributed by atoms with Gasteiger partial charge in [0, 0.05) is 56.4 Å². The fraction of sp³-hybridized carbons (Fsp3) is 0.759. The van der Waals surface area contributed by atoms with E-state index in [9.17, 15) is 23.1 Å². The predicted octanol–water partition coefficient (Wildman–Crippen LogP) is 5.48. The van der Waals surface area contributed by atoms with E-state index in [1.807, 2.05) is 14.0 Å². The molecule has 0 bridgehead atoms. The third-order valence-electron chi connectivity index (χ3n) is 8.26. The molecule has 2 fully saturated rings. The number of piperidine rings is 1. The van der Waals surface area contributed by atoms with Crippen molar-refractivity contribution in [3.8, 4) is 0 Å². The Bertz CT molecular complexity index is 884. The molecule has 1 aliphatic heterocycles. The van der Waals surface area contributed by atoms with Gasteiger partial charge in [-0.2, -0.15) is 0 Å². The van der Waals surface area contributed by atoms with Crippen LogP contribution in [0.25, 0.3) is 0 Å². The zero-order chi connectivity index (χ0) is 27.5. The van der Waals surface area contributed by atoms with E-state index < -0.39 is 29.0 Å². The van der Waals surface area contributed by atoms with Crippen molar-refractivity contribution in [1.82, 2.24) is 15.5 Å². The molecule has 1 aromatic carbocycles. The van der Waals surface area contributed by atoms with Crippen LogP contribution in [0.15, 0.2) is 12.1 Å². The van der Waals surface area contributed by atoms with Crippen LogP contribution in [-0.2, 0) is 10.3 Å². The summed E-state index contributed by atoms with van der Waals surface area (Å²) in [6.07, 6.45) is 9.40. The van der Waals surface area contributed by atoms with Crippen molar-refractivity contribution in [3.63, 3.8) is 0 Å². The Balaban J connectivity index is 1.74. The molecule has 9 heteroatoms. The van der Waals surface area contributed by atoms with E-state index in [-0.39, 0.29) is 30.6 Å². The largest absolute Gasteiger partial charge is 0.385 e. The van der Waals surface area contributed by atoms with Gasteiger partial charge >= 0.3 is 6.03 Å². The van der Waals surface area contributed by atoms with E-state index >= 15 is 0 Å². The predicted molar refractivity (Wildman–Crippen MR) is 142 cm³/mol. The van der Waals surface area contributed by atoms with Crippen molar-refractivity contribution in [2.24, 2.45) is 11.8 Å². The second-order valence-electron chi connectivity index (χ2n) is 11.1. The highest BCUT2D eigenvalue weighted by atomic mass is 19.2. The number of hydrogen-bond donors (Lipinski definition) is 3. The van der Waals surface area contributed by atoms with Gasteiger partial charge in [-0.15, -0.1) is 0 Å². The number of carbonyl (C=O) groups excluding carboxylic acids is 1. The maximum atomic E-state index is 15.0. The summed E-state index contributed by atoms with van der Waals surface area (Å²) >= 11 is 0. The third kappa shape index (κ3) is 8.33. The minimum atomic E-state index is -1.81. The lowest BCUT2D eigenvalue weighted by Gasteiger charge is -2.43. The number of urea groups is 1. The van der Waals surface area contributed by atoms with Gasteiger partial charge in [-0.1, -0.05) is 32.1 Å². The lowest BCUT2D eigenvalue weighted by molar-refractivity contribution is -0.0595. The van der Waals surface area contributed by atoms with Crippen molar-refractivity contribution in [2.75, 3.05) is 39.9 Å². The Morgan fingerprint density at radius 2 is 1.92 bits per heavy atom. The summed E-state index contributed by atoms with van der Waals surface area (Å²) in [6, 6.07) is 1.16. The van der Waals surface area contributed by atoms with E-state index in [0.717, 1.165) is 12.5 Å². The van der Waals surface area contributed by atoms with Crippen molar-refractivity contribution in [2.45, 2.75) is 89.2 Å². The summed E-state index contributed by atoms with van der Waals surface area (Å²) in [5, 5.41) is 18.2. The molecular formula is C29H46F3N3O3. The number of unbranched alkanes of at least 4 members (excludes halogenated alkanes) is 1. The first-order chi connectivity index (χ1) is 18.3. The van der Waals surface area contributed by atoms with Crippen LogP contribution < -0.4 is 10.6 Å². The van der Waals surface area contributed by atoms with Crippen LogP contribution in [0.1, 0.15) is 83.1 Å². The number of likely N-dealkylation sites (tertiary alicyclic amines) is 1. The van der Waals surface area contributed by atoms with Crippen molar-refractivity contribution < 1.29 is 27.8 Å². The number of rotatable bonds is 13. The average molecular weight is 542 g/mol. The third-order valence-corrected chi connectivity index (χ3v) is 8.26. The number of benzene rings is 1. The van der Waals surface area contributed by atoms with Gasteiger partial charge in [-0.25, -0.2) is 18.0 Å². The minimum Gasteiger partial charge on any atom is -0.385 e. The molecule has 2 aliphatic rings. The number of amides is 2. The Hall–Kier alpha value is -1.84. The van der Waals surface area contributed by atoms with Gasteiger partial charge in [0.15, 0.2) is 11.6 Å². The van der Waals surface area contributed by atoms with Crippen molar-refractivity contribution in [1.29, 1.82) is 0 Å². The molecule has 3 N–H and O–H groups in total. The zero-order valence-corrected chi connectivity index (χ0v) is 23.0. The first kappa shape index (κ1) is 30.7. The van der Waals surface area contributed by atoms with Crippen molar-refractivity contribution >= 4 is 6.03 Å². The molecule has 38 heavy (non-hydrogen) atoms. The van der Waals surface area contributed by atoms with E-state index in [1.54, 1.807) is 4.90 Å². The zero-order valence-electron chi connectivity index (χ0n) is 23.0. The molecule has 6 nitrogen and oxygen atoms in total. The number of hydrogen-bond acceptors (Lipinski definition) is 4. The van der Waals surface area contributed by atoms with Gasteiger partial charge in [0.1, 0.15) is 5.82 Å². The van der Waals surface area contributed by atoms with Gasteiger partial charge in [-0.3, -0.25) is 0 Å². The molecule has 3 rings (SSSR count). The van der Waals surface area contributed by atoms with E-state index in [2.05, 4.69) is 10.6 Å². The van der Waals surface area contributed by atoms with Crippen LogP contribution in [0.5, 0.6) is 0 Å². The number of nitrogens with one attached hydrogen (secondary N) is 2. The molecule has 1 aliphatic carbocycles. The number of halogens is 3. The lowest BCUT2D eigenvalue weighted by atomic mass is 9.74. The molecule has 1 aromatic rings. The highest BCUT2D eigenvalue weighted by Crippen LogP contribution is 2.41. The maximum absolute atomic E-state index is 15.0. The Morgan fingerprint density at radius 3 is 2.63 bits per heavy atom. The molecular weight excluding hydrogens is 495 g/mol. The van der Waals surface area contributed by atoms with Crippen LogP contribution >= 0.6 is 0 Å². The molecule has 2 amide bonds. The molecule has 1 saturated carbocycles. The highest BCUT2D eigenvalue weighted by molar-refractivity contribution is 5.74. The molecule has 1 saturated heterocycles. The molecule has 0 radical (unpaired) electrons. The normalized spacial score (nSPS) is 21.2. The monoisotopic (exact) mass is 541 g/mol. The standard InChI is InChI=1S/C29H46F3N3O3/c1-3-38-15-8-7-13-29(37,25-17-23(30)18-26(31)27(25)32)22-12-9-14-35(20-22)28(36)34-24(19-33-2)16-21-10-5-4-6-11-21/h17-18,21-22,24,33,37H,3-16,19-20H2,1-2H3,(H,34,36). The number of nitrogens with zero attached hydrogens (tertiary/aromatic N) is 1. The molecule has 0 aromatic heterocycles. The Labute approximate surface area is 225 Å². The number of likely N-dealkylation sites (N-methyl/N-ethyl adjacent to an activating group) is 1. The molecule has 1 heterocycles. The minimum absolute atomic E-state index is 0.0109. The van der Waals surface area contributed by atoms with Gasteiger partial charge in [0.05, 0.1) is 5.60 Å². The molecule has 3 atom stereocenters. The number of ether oxygens (including phenoxy) is 1. The average Bonchev–Trinajstić information content (AvgIpc) is 2.91.